The van der Waals surface area contributed by atoms with Gasteiger partial charge in [-0.05, 0) is 42.3 Å². The normalized spacial score (nSPS) is 17.0. The Morgan fingerprint density at radius 1 is 1.20 bits per heavy atom. The van der Waals surface area contributed by atoms with E-state index in [1.165, 1.54) is 5.56 Å². The number of nitrogens with zero attached hydrogens (tertiary/aromatic N) is 1. The van der Waals surface area contributed by atoms with Gasteiger partial charge in [0.15, 0.2) is 0 Å². The van der Waals surface area contributed by atoms with Crippen LogP contribution in [0.3, 0.4) is 0 Å². The predicted molar refractivity (Wildman–Crippen MR) is 101 cm³/mol. The molecule has 1 aliphatic heterocycles. The highest BCUT2D eigenvalue weighted by molar-refractivity contribution is 6.36. The number of carbonyl (C=O) groups is 2. The maximum atomic E-state index is 12.5. The van der Waals surface area contributed by atoms with Crippen molar-refractivity contribution in [3.05, 3.63) is 58.1 Å². The molecule has 1 saturated heterocycles. The number of rotatable bonds is 4. The van der Waals surface area contributed by atoms with Crippen molar-refractivity contribution in [3.8, 4) is 0 Å². The van der Waals surface area contributed by atoms with E-state index in [1.807, 2.05) is 24.3 Å². The van der Waals surface area contributed by atoms with Gasteiger partial charge in [0.2, 0.25) is 11.8 Å². The Morgan fingerprint density at radius 2 is 1.92 bits per heavy atom. The third-order valence-electron chi connectivity index (χ3n) is 4.34. The molecule has 25 heavy (non-hydrogen) atoms. The fourth-order valence-corrected chi connectivity index (χ4v) is 3.33. The molecule has 0 spiro atoms. The van der Waals surface area contributed by atoms with E-state index in [1.54, 1.807) is 23.1 Å². The molecule has 2 aromatic rings. The average Bonchev–Trinajstić information content (AvgIpc) is 2.99. The van der Waals surface area contributed by atoms with Crippen molar-refractivity contribution < 1.29 is 9.59 Å². The molecule has 1 heterocycles. The standard InChI is InChI=1S/C19H18Cl2N2O2/c1-2-12-3-6-15(7-4-12)23-11-13(9-18(23)24)19(25)22-17-8-5-14(20)10-16(17)21/h3-8,10,13H,2,9,11H2,1H3,(H,22,25)/t13-/m1/s1. The first kappa shape index (κ1) is 17.8. The largest absolute Gasteiger partial charge is 0.324 e. The van der Waals surface area contributed by atoms with Crippen LogP contribution in [0.1, 0.15) is 18.9 Å². The lowest BCUT2D eigenvalue weighted by atomic mass is 10.1. The molecule has 2 amide bonds. The molecular weight excluding hydrogens is 359 g/mol. The van der Waals surface area contributed by atoms with Gasteiger partial charge >= 0.3 is 0 Å². The number of halogens is 2. The first-order chi connectivity index (χ1) is 12.0. The number of carbonyl (C=O) groups excluding carboxylic acids is 2. The summed E-state index contributed by atoms with van der Waals surface area (Å²) in [5, 5.41) is 3.65. The van der Waals surface area contributed by atoms with Crippen molar-refractivity contribution in [2.75, 3.05) is 16.8 Å². The predicted octanol–water partition coefficient (Wildman–Crippen LogP) is 4.55. The SMILES string of the molecule is CCc1ccc(N2C[C@H](C(=O)Nc3ccc(Cl)cc3Cl)CC2=O)cc1. The van der Waals surface area contributed by atoms with Gasteiger partial charge in [-0.1, -0.05) is 42.3 Å². The number of hydrogen-bond donors (Lipinski definition) is 1. The molecule has 0 bridgehead atoms. The van der Waals surface area contributed by atoms with Gasteiger partial charge in [0.1, 0.15) is 0 Å². The quantitative estimate of drug-likeness (QED) is 0.850. The topological polar surface area (TPSA) is 49.4 Å². The Balaban J connectivity index is 1.69. The molecule has 0 saturated carbocycles. The highest BCUT2D eigenvalue weighted by Gasteiger charge is 2.35. The Kier molecular flexibility index (Phi) is 5.30. The molecule has 0 aliphatic carbocycles. The molecule has 4 nitrogen and oxygen atoms in total. The van der Waals surface area contributed by atoms with Crippen LogP contribution >= 0.6 is 23.2 Å². The number of hydrogen-bond acceptors (Lipinski definition) is 2. The molecule has 1 fully saturated rings. The van der Waals surface area contributed by atoms with Crippen molar-refractivity contribution in [2.45, 2.75) is 19.8 Å². The van der Waals surface area contributed by atoms with Gasteiger partial charge in [0.25, 0.3) is 0 Å². The number of nitrogens with one attached hydrogen (secondary N) is 1. The lowest BCUT2D eigenvalue weighted by molar-refractivity contribution is -0.122. The minimum atomic E-state index is -0.412. The van der Waals surface area contributed by atoms with Gasteiger partial charge in [-0.15, -0.1) is 0 Å². The minimum absolute atomic E-state index is 0.0494. The summed E-state index contributed by atoms with van der Waals surface area (Å²) in [6, 6.07) is 12.7. The van der Waals surface area contributed by atoms with E-state index in [9.17, 15) is 9.59 Å². The maximum Gasteiger partial charge on any atom is 0.229 e. The second-order valence-electron chi connectivity index (χ2n) is 6.04. The van der Waals surface area contributed by atoms with Crippen molar-refractivity contribution >= 4 is 46.4 Å². The van der Waals surface area contributed by atoms with E-state index < -0.39 is 5.92 Å². The van der Waals surface area contributed by atoms with Crippen LogP contribution in [0.4, 0.5) is 11.4 Å². The smallest absolute Gasteiger partial charge is 0.229 e. The highest BCUT2D eigenvalue weighted by Crippen LogP contribution is 2.29. The maximum absolute atomic E-state index is 12.5. The van der Waals surface area contributed by atoms with Crippen LogP contribution in [0.15, 0.2) is 42.5 Å². The van der Waals surface area contributed by atoms with E-state index >= 15 is 0 Å². The van der Waals surface area contributed by atoms with Crippen LogP contribution in [-0.2, 0) is 16.0 Å². The van der Waals surface area contributed by atoms with Crippen molar-refractivity contribution in [1.82, 2.24) is 0 Å². The summed E-state index contributed by atoms with van der Waals surface area (Å²) in [5.41, 5.74) is 2.53. The second kappa shape index (κ2) is 7.46. The van der Waals surface area contributed by atoms with Gasteiger partial charge in [-0.2, -0.15) is 0 Å². The Morgan fingerprint density at radius 3 is 2.56 bits per heavy atom. The van der Waals surface area contributed by atoms with E-state index in [0.29, 0.717) is 22.3 Å². The van der Waals surface area contributed by atoms with E-state index in [0.717, 1.165) is 12.1 Å². The number of amides is 2. The van der Waals surface area contributed by atoms with Gasteiger partial charge in [-0.25, -0.2) is 0 Å². The second-order valence-corrected chi connectivity index (χ2v) is 6.88. The summed E-state index contributed by atoms with van der Waals surface area (Å²) in [6.07, 6.45) is 1.13. The molecule has 1 atom stereocenters. The number of aryl methyl sites for hydroxylation is 1. The lowest BCUT2D eigenvalue weighted by Gasteiger charge is -2.17. The molecule has 2 aromatic carbocycles. The van der Waals surface area contributed by atoms with Crippen LogP contribution < -0.4 is 10.2 Å². The third-order valence-corrected chi connectivity index (χ3v) is 4.89. The zero-order valence-corrected chi connectivity index (χ0v) is 15.3. The lowest BCUT2D eigenvalue weighted by Crippen LogP contribution is -2.28. The Bertz CT molecular complexity index is 806. The first-order valence-corrected chi connectivity index (χ1v) is 8.88. The van der Waals surface area contributed by atoms with Crippen LogP contribution in [0.5, 0.6) is 0 Å². The van der Waals surface area contributed by atoms with Gasteiger partial charge in [-0.3, -0.25) is 9.59 Å². The minimum Gasteiger partial charge on any atom is -0.324 e. The van der Waals surface area contributed by atoms with E-state index in [-0.39, 0.29) is 18.2 Å². The molecule has 6 heteroatoms. The van der Waals surface area contributed by atoms with Crippen LogP contribution in [0.25, 0.3) is 0 Å². The molecule has 130 valence electrons. The summed E-state index contributed by atoms with van der Waals surface area (Å²) in [7, 11) is 0. The first-order valence-electron chi connectivity index (χ1n) is 8.13. The summed E-state index contributed by atoms with van der Waals surface area (Å²) in [5.74, 6) is -0.679. The summed E-state index contributed by atoms with van der Waals surface area (Å²) < 4.78 is 0. The number of anilines is 2. The molecule has 0 aromatic heterocycles. The zero-order chi connectivity index (χ0) is 18.0. The number of benzene rings is 2. The molecular formula is C19H18Cl2N2O2. The average molecular weight is 377 g/mol. The van der Waals surface area contributed by atoms with E-state index in [4.69, 9.17) is 23.2 Å². The highest BCUT2D eigenvalue weighted by atomic mass is 35.5. The monoisotopic (exact) mass is 376 g/mol. The van der Waals surface area contributed by atoms with Crippen molar-refractivity contribution in [3.63, 3.8) is 0 Å². The zero-order valence-electron chi connectivity index (χ0n) is 13.8. The third kappa shape index (κ3) is 3.97. The Hall–Kier alpha value is -2.04. The fourth-order valence-electron chi connectivity index (χ4n) is 2.87. The van der Waals surface area contributed by atoms with E-state index in [2.05, 4.69) is 12.2 Å². The molecule has 0 unspecified atom stereocenters. The molecule has 1 N–H and O–H groups in total. The molecule has 0 radical (unpaired) electrons. The van der Waals surface area contributed by atoms with Crippen LogP contribution in [0.2, 0.25) is 10.0 Å². The van der Waals surface area contributed by atoms with Crippen LogP contribution in [-0.4, -0.2) is 18.4 Å². The Labute approximate surface area is 156 Å². The summed E-state index contributed by atoms with van der Waals surface area (Å²) in [4.78, 5) is 26.5. The summed E-state index contributed by atoms with van der Waals surface area (Å²) in [6.45, 7) is 2.44. The molecule has 1 aliphatic rings. The van der Waals surface area contributed by atoms with Crippen molar-refractivity contribution in [2.24, 2.45) is 5.92 Å². The van der Waals surface area contributed by atoms with Gasteiger partial charge < -0.3 is 10.2 Å². The summed E-state index contributed by atoms with van der Waals surface area (Å²) >= 11 is 11.9. The van der Waals surface area contributed by atoms with Crippen LogP contribution in [0, 0.1) is 5.92 Å². The van der Waals surface area contributed by atoms with Gasteiger partial charge in [0, 0.05) is 23.7 Å². The van der Waals surface area contributed by atoms with Crippen molar-refractivity contribution in [1.29, 1.82) is 0 Å². The van der Waals surface area contributed by atoms with Gasteiger partial charge in [0.05, 0.1) is 16.6 Å². The fraction of sp³-hybridized carbons (Fsp3) is 0.263. The molecule has 3 rings (SSSR count).